The van der Waals surface area contributed by atoms with Gasteiger partial charge in [0.2, 0.25) is 5.91 Å². The number of fused-ring (bicyclic) bond motifs is 3. The zero-order chi connectivity index (χ0) is 25.7. The molecular weight excluding hydrogens is 474 g/mol. The zero-order valence-electron chi connectivity index (χ0n) is 20.1. The fourth-order valence-corrected chi connectivity index (χ4v) is 5.14. The van der Waals surface area contributed by atoms with Crippen LogP contribution in [-0.4, -0.2) is 50.6 Å². The third-order valence-corrected chi connectivity index (χ3v) is 6.58. The summed E-state index contributed by atoms with van der Waals surface area (Å²) >= 11 is 1.47. The summed E-state index contributed by atoms with van der Waals surface area (Å²) in [6.45, 7) is 5.86. The van der Waals surface area contributed by atoms with Crippen molar-refractivity contribution < 1.29 is 9.90 Å². The van der Waals surface area contributed by atoms with Crippen LogP contribution in [-0.2, 0) is 17.6 Å². The molecule has 1 aliphatic rings. The molecule has 0 radical (unpaired) electrons. The van der Waals surface area contributed by atoms with Crippen LogP contribution in [0.3, 0.4) is 0 Å². The van der Waals surface area contributed by atoms with Crippen molar-refractivity contribution >= 4 is 34.4 Å². The lowest BCUT2D eigenvalue weighted by atomic mass is 9.95. The molecule has 9 nitrogen and oxygen atoms in total. The average Bonchev–Trinajstić information content (AvgIpc) is 3.49. The Kier molecular flexibility index (Phi) is 7.67. The van der Waals surface area contributed by atoms with E-state index in [0.717, 1.165) is 70.1 Å². The van der Waals surface area contributed by atoms with Crippen LogP contribution in [0.5, 0.6) is 0 Å². The standard InChI is InChI=1S/C25H23N7OS.CH4O/c1-3-12-27-21-11-6-17(14-28-21)22-19-9-10-20-24(34-25(30-20)29-15(2)33)23(19)32(31-22)18-7-4-16(13-26)5-8-18;1-2/h3-8,11,13-14,26H,1,9-10,12H2,2H3,(H,27,28)(H,29,30,33);2H,1H3. The number of nitrogens with zero attached hydrogens (tertiary/aromatic N) is 4. The van der Waals surface area contributed by atoms with E-state index in [-0.39, 0.29) is 5.91 Å². The number of carbonyl (C=O) groups excluding carboxylic acids is 1. The van der Waals surface area contributed by atoms with Gasteiger partial charge in [-0.05, 0) is 42.7 Å². The van der Waals surface area contributed by atoms with Gasteiger partial charge >= 0.3 is 0 Å². The van der Waals surface area contributed by atoms with Gasteiger partial charge in [-0.3, -0.25) is 4.79 Å². The van der Waals surface area contributed by atoms with E-state index in [0.29, 0.717) is 11.7 Å². The number of hydrogen-bond acceptors (Lipinski definition) is 8. The minimum atomic E-state index is -0.140. The molecule has 4 N–H and O–H groups in total. The highest BCUT2D eigenvalue weighted by Gasteiger charge is 2.30. The number of thiazole rings is 1. The molecule has 0 saturated carbocycles. The van der Waals surface area contributed by atoms with Crippen LogP contribution in [0.15, 0.2) is 55.3 Å². The number of rotatable bonds is 7. The number of aryl methyl sites for hydroxylation is 1. The van der Waals surface area contributed by atoms with E-state index in [1.807, 2.05) is 47.3 Å². The number of aromatic nitrogens is 4. The maximum Gasteiger partial charge on any atom is 0.223 e. The number of aliphatic hydroxyl groups excluding tert-OH is 1. The van der Waals surface area contributed by atoms with Crippen molar-refractivity contribution in [2.45, 2.75) is 19.8 Å². The van der Waals surface area contributed by atoms with E-state index >= 15 is 0 Å². The summed E-state index contributed by atoms with van der Waals surface area (Å²) in [6.07, 6.45) is 6.51. The third kappa shape index (κ3) is 4.95. The highest BCUT2D eigenvalue weighted by Crippen LogP contribution is 2.44. The van der Waals surface area contributed by atoms with Crippen LogP contribution >= 0.6 is 11.3 Å². The highest BCUT2D eigenvalue weighted by molar-refractivity contribution is 7.19. The molecule has 1 aromatic carbocycles. The lowest BCUT2D eigenvalue weighted by molar-refractivity contribution is -0.114. The van der Waals surface area contributed by atoms with Crippen LogP contribution in [0, 0.1) is 5.41 Å². The van der Waals surface area contributed by atoms with Gasteiger partial charge in [-0.15, -0.1) is 6.58 Å². The topological polar surface area (TPSA) is 129 Å². The Labute approximate surface area is 213 Å². The van der Waals surface area contributed by atoms with Gasteiger partial charge in [0.25, 0.3) is 0 Å². The molecule has 0 unspecified atom stereocenters. The fraction of sp³-hybridized carbons (Fsp3) is 0.192. The van der Waals surface area contributed by atoms with E-state index in [2.05, 4.69) is 27.2 Å². The Hall–Kier alpha value is -4.15. The molecule has 0 saturated heterocycles. The van der Waals surface area contributed by atoms with Crippen LogP contribution in [0.1, 0.15) is 23.7 Å². The lowest BCUT2D eigenvalue weighted by Crippen LogP contribution is -2.07. The second kappa shape index (κ2) is 11.1. The molecule has 0 aliphatic heterocycles. The molecule has 3 heterocycles. The summed E-state index contributed by atoms with van der Waals surface area (Å²) in [5, 5.41) is 26.1. The molecule has 184 valence electrons. The van der Waals surface area contributed by atoms with E-state index in [1.54, 1.807) is 6.08 Å². The minimum Gasteiger partial charge on any atom is -0.400 e. The predicted octanol–water partition coefficient (Wildman–Crippen LogP) is 4.32. The summed E-state index contributed by atoms with van der Waals surface area (Å²) in [7, 11) is 1.00. The first-order valence-electron chi connectivity index (χ1n) is 11.3. The smallest absolute Gasteiger partial charge is 0.223 e. The van der Waals surface area contributed by atoms with Gasteiger partial charge in [0, 0.05) is 44.1 Å². The fourth-order valence-electron chi connectivity index (χ4n) is 4.02. The number of pyridine rings is 1. The van der Waals surface area contributed by atoms with Gasteiger partial charge in [-0.1, -0.05) is 29.5 Å². The van der Waals surface area contributed by atoms with Crippen molar-refractivity contribution in [2.24, 2.45) is 0 Å². The number of benzene rings is 1. The lowest BCUT2D eigenvalue weighted by Gasteiger charge is -2.14. The Bertz CT molecular complexity index is 1390. The van der Waals surface area contributed by atoms with Crippen LogP contribution in [0.25, 0.3) is 27.5 Å². The van der Waals surface area contributed by atoms with Crippen molar-refractivity contribution in [2.75, 3.05) is 24.3 Å². The molecule has 0 spiro atoms. The van der Waals surface area contributed by atoms with Crippen LogP contribution in [0.2, 0.25) is 0 Å². The van der Waals surface area contributed by atoms with E-state index in [1.165, 1.54) is 24.5 Å². The summed E-state index contributed by atoms with van der Waals surface area (Å²) in [5.41, 5.74) is 6.62. The molecule has 0 atom stereocenters. The molecule has 1 amide bonds. The van der Waals surface area contributed by atoms with Gasteiger partial charge in [-0.25, -0.2) is 14.6 Å². The first-order chi connectivity index (χ1) is 17.6. The Morgan fingerprint density at radius 2 is 2.00 bits per heavy atom. The molecule has 0 bridgehead atoms. The molecule has 36 heavy (non-hydrogen) atoms. The number of hydrogen-bond donors (Lipinski definition) is 4. The molecule has 10 heteroatoms. The van der Waals surface area contributed by atoms with Gasteiger partial charge < -0.3 is 21.1 Å². The molecular formula is C26H27N7O2S. The monoisotopic (exact) mass is 501 g/mol. The molecule has 5 rings (SSSR count). The molecule has 0 fully saturated rings. The first-order valence-corrected chi connectivity index (χ1v) is 12.2. The minimum absolute atomic E-state index is 0.140. The zero-order valence-corrected chi connectivity index (χ0v) is 20.9. The summed E-state index contributed by atoms with van der Waals surface area (Å²) in [5.74, 6) is 0.642. The SMILES string of the molecule is C=CCNc1ccc(-c2nn(-c3ccc(C=N)cc3)c3c2CCc2nc(NC(C)=O)sc2-3)cn1.CO. The number of aliphatic hydroxyl groups is 1. The van der Waals surface area contributed by atoms with Gasteiger partial charge in [0.05, 0.1) is 27.6 Å². The Balaban J connectivity index is 0.00000148. The van der Waals surface area contributed by atoms with Crippen molar-refractivity contribution in [1.29, 1.82) is 5.41 Å². The molecule has 4 aromatic rings. The third-order valence-electron chi connectivity index (χ3n) is 5.56. The highest BCUT2D eigenvalue weighted by atomic mass is 32.1. The van der Waals surface area contributed by atoms with Crippen molar-refractivity contribution in [3.8, 4) is 27.5 Å². The summed E-state index contributed by atoms with van der Waals surface area (Å²) in [4.78, 5) is 21.8. The summed E-state index contributed by atoms with van der Waals surface area (Å²) in [6, 6.07) is 11.7. The number of anilines is 2. The predicted molar refractivity (Wildman–Crippen MR) is 144 cm³/mol. The van der Waals surface area contributed by atoms with Crippen molar-refractivity contribution in [3.05, 3.63) is 72.1 Å². The summed E-state index contributed by atoms with van der Waals surface area (Å²) < 4.78 is 1.94. The van der Waals surface area contributed by atoms with E-state index in [9.17, 15) is 4.79 Å². The van der Waals surface area contributed by atoms with Crippen LogP contribution < -0.4 is 10.6 Å². The number of nitrogens with one attached hydrogen (secondary N) is 3. The van der Waals surface area contributed by atoms with Gasteiger partial charge in [0.15, 0.2) is 5.13 Å². The van der Waals surface area contributed by atoms with Crippen LogP contribution in [0.4, 0.5) is 10.9 Å². The second-order valence-corrected chi connectivity index (χ2v) is 8.90. The normalized spacial score (nSPS) is 11.4. The number of carbonyl (C=O) groups is 1. The van der Waals surface area contributed by atoms with E-state index < -0.39 is 0 Å². The number of amides is 1. The maximum absolute atomic E-state index is 11.6. The largest absolute Gasteiger partial charge is 0.400 e. The van der Waals surface area contributed by atoms with E-state index in [4.69, 9.17) is 15.6 Å². The van der Waals surface area contributed by atoms with Crippen molar-refractivity contribution in [3.63, 3.8) is 0 Å². The van der Waals surface area contributed by atoms with Crippen molar-refractivity contribution in [1.82, 2.24) is 19.7 Å². The Morgan fingerprint density at radius 1 is 1.22 bits per heavy atom. The molecule has 3 aromatic heterocycles. The van der Waals surface area contributed by atoms with Gasteiger partial charge in [0.1, 0.15) is 5.82 Å². The quantitative estimate of drug-likeness (QED) is 0.221. The van der Waals surface area contributed by atoms with Gasteiger partial charge in [-0.2, -0.15) is 5.10 Å². The first kappa shape index (κ1) is 25.0. The average molecular weight is 502 g/mol. The Morgan fingerprint density at radius 3 is 2.64 bits per heavy atom. The maximum atomic E-state index is 11.6. The molecule has 1 aliphatic carbocycles. The second-order valence-electron chi connectivity index (χ2n) is 7.90.